The van der Waals surface area contributed by atoms with Gasteiger partial charge in [-0.25, -0.2) is 0 Å². The van der Waals surface area contributed by atoms with Gasteiger partial charge >= 0.3 is 0 Å². The molecule has 29 heavy (non-hydrogen) atoms. The van der Waals surface area contributed by atoms with Crippen LogP contribution in [-0.2, 0) is 24.0 Å². The average Bonchev–Trinajstić information content (AvgIpc) is 3.11. The van der Waals surface area contributed by atoms with E-state index in [1.165, 1.54) is 0 Å². The van der Waals surface area contributed by atoms with Gasteiger partial charge < -0.3 is 5.11 Å². The summed E-state index contributed by atoms with van der Waals surface area (Å²) < 4.78 is 14.1. The van der Waals surface area contributed by atoms with Crippen molar-refractivity contribution in [1.82, 2.24) is 9.78 Å². The monoisotopic (exact) mass is 410 g/mol. The number of hydrogen-bond donors (Lipinski definition) is 1. The van der Waals surface area contributed by atoms with Gasteiger partial charge in [0.05, 0.1) is 28.8 Å². The lowest BCUT2D eigenvalue weighted by Gasteiger charge is -2.11. The predicted octanol–water partition coefficient (Wildman–Crippen LogP) is 5.23. The van der Waals surface area contributed by atoms with Crippen molar-refractivity contribution in [3.8, 4) is 22.4 Å². The Morgan fingerprint density at radius 1 is 0.966 bits per heavy atom. The molecule has 0 saturated carbocycles. The van der Waals surface area contributed by atoms with E-state index < -0.39 is 10.8 Å². The highest BCUT2D eigenvalue weighted by Crippen LogP contribution is 2.29. The van der Waals surface area contributed by atoms with Crippen LogP contribution in [0.2, 0.25) is 0 Å². The molecule has 154 valence electrons. The van der Waals surface area contributed by atoms with Crippen LogP contribution in [0, 0.1) is 5.92 Å². The largest absolute Gasteiger partial charge is 0.392 e. The number of rotatable bonds is 7. The fourth-order valence-corrected chi connectivity index (χ4v) is 4.20. The third-order valence-electron chi connectivity index (χ3n) is 4.99. The molecule has 0 fully saturated rings. The summed E-state index contributed by atoms with van der Waals surface area (Å²) in [5, 5.41) is 14.3. The molecule has 5 heteroatoms. The van der Waals surface area contributed by atoms with Crippen LogP contribution in [0.15, 0.2) is 53.4 Å². The first kappa shape index (κ1) is 21.5. The number of aliphatic hydroxyl groups excluding tert-OH is 1. The minimum Gasteiger partial charge on any atom is -0.392 e. The topological polar surface area (TPSA) is 55.1 Å². The first-order valence-electron chi connectivity index (χ1n) is 10.1. The summed E-state index contributed by atoms with van der Waals surface area (Å²) in [6.07, 6.45) is 1.64. The molecule has 0 amide bonds. The van der Waals surface area contributed by atoms with Crippen LogP contribution >= 0.6 is 0 Å². The Morgan fingerprint density at radius 2 is 1.59 bits per heavy atom. The fraction of sp³-hybridized carbons (Fsp3) is 0.375. The van der Waals surface area contributed by atoms with E-state index in [1.807, 2.05) is 18.2 Å². The molecule has 0 radical (unpaired) electrons. The Balaban J connectivity index is 1.97. The van der Waals surface area contributed by atoms with Crippen molar-refractivity contribution >= 4 is 10.8 Å². The molecule has 4 nitrogen and oxygen atoms in total. The summed E-state index contributed by atoms with van der Waals surface area (Å²) in [4.78, 5) is 0.686. The molecule has 1 N–H and O–H groups in total. The minimum absolute atomic E-state index is 0.105. The molecule has 0 saturated heterocycles. The lowest BCUT2D eigenvalue weighted by Crippen LogP contribution is -2.08. The van der Waals surface area contributed by atoms with Gasteiger partial charge in [0, 0.05) is 17.7 Å². The Kier molecular flexibility index (Phi) is 6.70. The van der Waals surface area contributed by atoms with E-state index in [1.54, 1.807) is 6.26 Å². The molecule has 0 aliphatic heterocycles. The van der Waals surface area contributed by atoms with Crippen LogP contribution in [0.4, 0.5) is 0 Å². The molecule has 0 aliphatic carbocycles. The van der Waals surface area contributed by atoms with Gasteiger partial charge in [-0.1, -0.05) is 64.1 Å². The zero-order valence-corrected chi connectivity index (χ0v) is 18.7. The third-order valence-corrected chi connectivity index (χ3v) is 5.99. The van der Waals surface area contributed by atoms with Crippen LogP contribution in [0.5, 0.6) is 0 Å². The maximum atomic E-state index is 12.0. The second-order valence-corrected chi connectivity index (χ2v) is 9.55. The Labute approximate surface area is 176 Å². The molecule has 1 heterocycles. The van der Waals surface area contributed by atoms with E-state index in [0.717, 1.165) is 34.6 Å². The summed E-state index contributed by atoms with van der Waals surface area (Å²) in [5.41, 5.74) is 6.16. The van der Waals surface area contributed by atoms with Gasteiger partial charge in [0.15, 0.2) is 0 Å². The first-order chi connectivity index (χ1) is 13.8. The number of benzene rings is 2. The molecule has 0 aliphatic rings. The van der Waals surface area contributed by atoms with Crippen molar-refractivity contribution in [2.75, 3.05) is 6.26 Å². The Bertz CT molecular complexity index is 1000. The molecule has 1 unspecified atom stereocenters. The number of aromatic nitrogens is 2. The Morgan fingerprint density at radius 3 is 2.14 bits per heavy atom. The van der Waals surface area contributed by atoms with Crippen molar-refractivity contribution in [3.63, 3.8) is 0 Å². The van der Waals surface area contributed by atoms with E-state index in [0.29, 0.717) is 22.3 Å². The summed E-state index contributed by atoms with van der Waals surface area (Å²) in [6.45, 7) is 9.52. The van der Waals surface area contributed by atoms with Crippen LogP contribution in [0.1, 0.15) is 44.9 Å². The summed E-state index contributed by atoms with van der Waals surface area (Å²) in [7, 11) is -1.14. The normalized spacial score (nSPS) is 12.7. The lowest BCUT2D eigenvalue weighted by molar-refractivity contribution is 0.279. The highest BCUT2D eigenvalue weighted by molar-refractivity contribution is 7.84. The maximum absolute atomic E-state index is 12.0. The van der Waals surface area contributed by atoms with Crippen molar-refractivity contribution < 1.29 is 9.32 Å². The van der Waals surface area contributed by atoms with Crippen molar-refractivity contribution in [2.24, 2.45) is 5.92 Å². The quantitative estimate of drug-likeness (QED) is 0.580. The minimum atomic E-state index is -1.14. The van der Waals surface area contributed by atoms with Gasteiger partial charge in [0.25, 0.3) is 0 Å². The van der Waals surface area contributed by atoms with Crippen LogP contribution in [-0.4, -0.2) is 25.4 Å². The zero-order valence-electron chi connectivity index (χ0n) is 17.8. The predicted molar refractivity (Wildman–Crippen MR) is 120 cm³/mol. The molecule has 3 rings (SSSR count). The zero-order chi connectivity index (χ0) is 21.1. The van der Waals surface area contributed by atoms with Crippen LogP contribution in [0.3, 0.4) is 0 Å². The molecule has 3 aromatic rings. The number of hydrogen-bond acceptors (Lipinski definition) is 3. The molecule has 2 aromatic carbocycles. The highest BCUT2D eigenvalue weighted by atomic mass is 32.2. The van der Waals surface area contributed by atoms with Gasteiger partial charge in [-0.15, -0.1) is 0 Å². The van der Waals surface area contributed by atoms with E-state index in [9.17, 15) is 9.32 Å². The first-order valence-corrected chi connectivity index (χ1v) is 11.6. The molecular weight excluding hydrogens is 380 g/mol. The van der Waals surface area contributed by atoms with Crippen LogP contribution < -0.4 is 0 Å². The number of aliphatic hydroxyl groups is 1. The SMILES string of the molecule is CC(C)Cn1nc(C(C)C)cc1-c1ccc(-c2ccc(CO)c(S(C)=O)c2)cc1. The van der Waals surface area contributed by atoms with Gasteiger partial charge in [0.1, 0.15) is 0 Å². The van der Waals surface area contributed by atoms with Gasteiger partial charge in [-0.2, -0.15) is 5.10 Å². The lowest BCUT2D eigenvalue weighted by atomic mass is 10.0. The average molecular weight is 411 g/mol. The van der Waals surface area contributed by atoms with Gasteiger partial charge in [-0.05, 0) is 46.2 Å². The highest BCUT2D eigenvalue weighted by Gasteiger charge is 2.14. The standard InChI is InChI=1S/C24H30N2O2S/c1-16(2)14-26-23(13-22(25-26)17(3)4)19-8-6-18(7-9-19)20-10-11-21(15-27)24(12-20)29(5)28/h6-13,16-17,27H,14-15H2,1-5H3. The molecule has 1 atom stereocenters. The second-order valence-electron chi connectivity index (χ2n) is 8.20. The van der Waals surface area contributed by atoms with E-state index in [2.05, 4.69) is 62.7 Å². The summed E-state index contributed by atoms with van der Waals surface area (Å²) >= 11 is 0. The van der Waals surface area contributed by atoms with Gasteiger partial charge in [-0.3, -0.25) is 8.89 Å². The van der Waals surface area contributed by atoms with E-state index in [-0.39, 0.29) is 6.61 Å². The fourth-order valence-electron chi connectivity index (χ4n) is 3.40. The summed E-state index contributed by atoms with van der Waals surface area (Å²) in [5.74, 6) is 0.908. The van der Waals surface area contributed by atoms with Crippen molar-refractivity contribution in [3.05, 3.63) is 59.8 Å². The van der Waals surface area contributed by atoms with Crippen LogP contribution in [0.25, 0.3) is 22.4 Å². The van der Waals surface area contributed by atoms with E-state index >= 15 is 0 Å². The smallest absolute Gasteiger partial charge is 0.0693 e. The molecule has 1 aromatic heterocycles. The third kappa shape index (κ3) is 4.85. The van der Waals surface area contributed by atoms with Gasteiger partial charge in [0.2, 0.25) is 0 Å². The summed E-state index contributed by atoms with van der Waals surface area (Å²) in [6, 6.07) is 16.4. The van der Waals surface area contributed by atoms with E-state index in [4.69, 9.17) is 5.10 Å². The van der Waals surface area contributed by atoms with Crippen molar-refractivity contribution in [2.45, 2.75) is 51.7 Å². The maximum Gasteiger partial charge on any atom is 0.0693 e. The molecule has 0 spiro atoms. The van der Waals surface area contributed by atoms with Crippen molar-refractivity contribution in [1.29, 1.82) is 0 Å². The second kappa shape index (κ2) is 9.06. The Hall–Kier alpha value is -2.24. The molecule has 0 bridgehead atoms. The molecular formula is C24H30N2O2S. The number of nitrogens with zero attached hydrogens (tertiary/aromatic N) is 2.